The van der Waals surface area contributed by atoms with Crippen LogP contribution in [0.5, 0.6) is 0 Å². The van der Waals surface area contributed by atoms with Gasteiger partial charge in [0.2, 0.25) is 0 Å². The molecule has 0 fully saturated rings. The van der Waals surface area contributed by atoms with E-state index in [1.165, 1.54) is 11.1 Å². The van der Waals surface area contributed by atoms with Crippen LogP contribution in [0.1, 0.15) is 34.1 Å². The van der Waals surface area contributed by atoms with E-state index in [0.29, 0.717) is 6.54 Å². The highest BCUT2D eigenvalue weighted by Crippen LogP contribution is 2.29. The topological polar surface area (TPSA) is 26.0 Å². The number of hydrogen-bond donors (Lipinski definition) is 1. The summed E-state index contributed by atoms with van der Waals surface area (Å²) in [5, 5.41) is 0. The fourth-order valence-electron chi connectivity index (χ4n) is 1.11. The molecule has 0 spiro atoms. The van der Waals surface area contributed by atoms with E-state index < -0.39 is 0 Å². The summed E-state index contributed by atoms with van der Waals surface area (Å²) in [4.78, 5) is 0. The predicted octanol–water partition coefficient (Wildman–Crippen LogP) is 2.88. The Labute approximate surface area is 76.3 Å². The highest BCUT2D eigenvalue weighted by Gasteiger charge is 2.15. The Bertz CT molecular complexity index is 182. The third-order valence-electron chi connectivity index (χ3n) is 1.82. The predicted molar refractivity (Wildman–Crippen MR) is 56.0 cm³/mol. The van der Waals surface area contributed by atoms with E-state index in [4.69, 9.17) is 5.73 Å². The van der Waals surface area contributed by atoms with E-state index in [0.717, 1.165) is 6.42 Å². The first-order chi connectivity index (χ1) is 5.38. The van der Waals surface area contributed by atoms with Crippen LogP contribution in [0.15, 0.2) is 23.8 Å². The van der Waals surface area contributed by atoms with Crippen LogP contribution in [-0.4, -0.2) is 6.54 Å². The van der Waals surface area contributed by atoms with Crippen molar-refractivity contribution >= 4 is 0 Å². The molecule has 0 aromatic carbocycles. The van der Waals surface area contributed by atoms with Gasteiger partial charge in [0, 0.05) is 6.54 Å². The lowest BCUT2D eigenvalue weighted by Crippen LogP contribution is -2.11. The molecule has 0 rings (SSSR count). The van der Waals surface area contributed by atoms with Gasteiger partial charge >= 0.3 is 0 Å². The molecule has 0 amide bonds. The maximum Gasteiger partial charge on any atom is 0.0109 e. The molecule has 0 bridgehead atoms. The van der Waals surface area contributed by atoms with Crippen molar-refractivity contribution in [1.29, 1.82) is 0 Å². The number of nitrogens with two attached hydrogens (primary N) is 1. The van der Waals surface area contributed by atoms with Crippen LogP contribution in [0.3, 0.4) is 0 Å². The molecule has 0 aromatic rings. The Kier molecular flexibility index (Phi) is 4.25. The fraction of sp³-hybridized carbons (Fsp3) is 0.636. The summed E-state index contributed by atoms with van der Waals surface area (Å²) in [6.07, 6.45) is 3.08. The molecule has 0 aliphatic carbocycles. The van der Waals surface area contributed by atoms with E-state index in [2.05, 4.69) is 40.3 Å². The second-order valence-electron chi connectivity index (χ2n) is 4.35. The van der Waals surface area contributed by atoms with Gasteiger partial charge in [-0.15, -0.1) is 0 Å². The summed E-state index contributed by atoms with van der Waals surface area (Å²) in [5.41, 5.74) is 8.30. The molecule has 1 nitrogen and oxygen atoms in total. The minimum atomic E-state index is 0.221. The Morgan fingerprint density at radius 3 is 2.17 bits per heavy atom. The Hall–Kier alpha value is -0.560. The first-order valence-electron chi connectivity index (χ1n) is 4.42. The van der Waals surface area contributed by atoms with Crippen molar-refractivity contribution < 1.29 is 0 Å². The summed E-state index contributed by atoms with van der Waals surface area (Å²) >= 11 is 0. The van der Waals surface area contributed by atoms with Crippen molar-refractivity contribution in [3.63, 3.8) is 0 Å². The fourth-order valence-corrected chi connectivity index (χ4v) is 1.11. The van der Waals surface area contributed by atoms with Crippen LogP contribution in [-0.2, 0) is 0 Å². The molecule has 0 aliphatic heterocycles. The van der Waals surface area contributed by atoms with Crippen LogP contribution in [0.2, 0.25) is 0 Å². The SMILES string of the molecule is C=C(C)C/C(=C\CN)C(C)(C)C. The van der Waals surface area contributed by atoms with Crippen molar-refractivity contribution in [3.8, 4) is 0 Å². The third kappa shape index (κ3) is 4.35. The maximum absolute atomic E-state index is 5.50. The maximum atomic E-state index is 5.50. The van der Waals surface area contributed by atoms with Gasteiger partial charge in [-0.3, -0.25) is 0 Å². The molecular formula is C11H21N. The van der Waals surface area contributed by atoms with Crippen molar-refractivity contribution in [2.24, 2.45) is 11.1 Å². The zero-order valence-corrected chi connectivity index (χ0v) is 8.78. The Morgan fingerprint density at radius 1 is 1.42 bits per heavy atom. The molecule has 0 saturated heterocycles. The van der Waals surface area contributed by atoms with Gasteiger partial charge < -0.3 is 5.73 Å². The standard InChI is InChI=1S/C11H21N/c1-9(2)8-10(6-7-12)11(3,4)5/h6H,1,7-8,12H2,2-5H3/b10-6+. The van der Waals surface area contributed by atoms with Gasteiger partial charge in [-0.25, -0.2) is 0 Å². The van der Waals surface area contributed by atoms with Crippen molar-refractivity contribution in [2.45, 2.75) is 34.1 Å². The van der Waals surface area contributed by atoms with Crippen molar-refractivity contribution in [1.82, 2.24) is 0 Å². The highest BCUT2D eigenvalue weighted by atomic mass is 14.5. The minimum Gasteiger partial charge on any atom is -0.327 e. The lowest BCUT2D eigenvalue weighted by Gasteiger charge is -2.23. The summed E-state index contributed by atoms with van der Waals surface area (Å²) in [6.45, 7) is 13.2. The smallest absolute Gasteiger partial charge is 0.0109 e. The number of hydrogen-bond acceptors (Lipinski definition) is 1. The lowest BCUT2D eigenvalue weighted by molar-refractivity contribution is 0.489. The van der Waals surface area contributed by atoms with Gasteiger partial charge in [0.25, 0.3) is 0 Å². The molecule has 0 saturated carbocycles. The zero-order chi connectivity index (χ0) is 9.78. The largest absolute Gasteiger partial charge is 0.327 e. The first-order valence-corrected chi connectivity index (χ1v) is 4.42. The summed E-state index contributed by atoms with van der Waals surface area (Å²) in [7, 11) is 0. The van der Waals surface area contributed by atoms with Gasteiger partial charge in [0.15, 0.2) is 0 Å². The molecule has 12 heavy (non-hydrogen) atoms. The molecule has 0 heterocycles. The van der Waals surface area contributed by atoms with Gasteiger partial charge in [-0.05, 0) is 18.8 Å². The summed E-state index contributed by atoms with van der Waals surface area (Å²) in [5.74, 6) is 0. The van der Waals surface area contributed by atoms with Crippen LogP contribution in [0.25, 0.3) is 0 Å². The van der Waals surface area contributed by atoms with Gasteiger partial charge in [0.05, 0.1) is 0 Å². The second-order valence-corrected chi connectivity index (χ2v) is 4.35. The van der Waals surface area contributed by atoms with Crippen LogP contribution in [0, 0.1) is 5.41 Å². The van der Waals surface area contributed by atoms with Crippen molar-refractivity contribution in [2.75, 3.05) is 6.54 Å². The molecule has 2 N–H and O–H groups in total. The van der Waals surface area contributed by atoms with Gasteiger partial charge in [-0.1, -0.05) is 44.6 Å². The van der Waals surface area contributed by atoms with E-state index in [-0.39, 0.29) is 5.41 Å². The second kappa shape index (κ2) is 4.46. The third-order valence-corrected chi connectivity index (χ3v) is 1.82. The average Bonchev–Trinajstić information content (AvgIpc) is 1.83. The molecular weight excluding hydrogens is 146 g/mol. The van der Waals surface area contributed by atoms with E-state index in [1.54, 1.807) is 0 Å². The van der Waals surface area contributed by atoms with E-state index in [1.807, 2.05) is 0 Å². The highest BCUT2D eigenvalue weighted by molar-refractivity contribution is 5.17. The van der Waals surface area contributed by atoms with E-state index >= 15 is 0 Å². The van der Waals surface area contributed by atoms with Crippen LogP contribution in [0.4, 0.5) is 0 Å². The molecule has 0 aliphatic rings. The Morgan fingerprint density at radius 2 is 1.92 bits per heavy atom. The quantitative estimate of drug-likeness (QED) is 0.643. The molecule has 0 aromatic heterocycles. The minimum absolute atomic E-state index is 0.221. The Balaban J connectivity index is 4.46. The van der Waals surface area contributed by atoms with Gasteiger partial charge in [-0.2, -0.15) is 0 Å². The van der Waals surface area contributed by atoms with Crippen LogP contribution < -0.4 is 5.73 Å². The van der Waals surface area contributed by atoms with Gasteiger partial charge in [0.1, 0.15) is 0 Å². The monoisotopic (exact) mass is 167 g/mol. The normalized spacial score (nSPS) is 13.2. The molecule has 0 unspecified atom stereocenters. The van der Waals surface area contributed by atoms with E-state index in [9.17, 15) is 0 Å². The van der Waals surface area contributed by atoms with Crippen LogP contribution >= 0.6 is 0 Å². The van der Waals surface area contributed by atoms with Crippen molar-refractivity contribution in [3.05, 3.63) is 23.8 Å². The first kappa shape index (κ1) is 11.4. The molecule has 0 atom stereocenters. The molecule has 70 valence electrons. The summed E-state index contributed by atoms with van der Waals surface area (Å²) in [6, 6.07) is 0. The summed E-state index contributed by atoms with van der Waals surface area (Å²) < 4.78 is 0. The number of allylic oxidation sites excluding steroid dienone is 2. The molecule has 1 heteroatoms. The average molecular weight is 167 g/mol. The lowest BCUT2D eigenvalue weighted by atomic mass is 9.83. The zero-order valence-electron chi connectivity index (χ0n) is 8.78. The molecule has 0 radical (unpaired) electrons. The number of rotatable bonds is 3.